The lowest BCUT2D eigenvalue weighted by Crippen LogP contribution is -2.34. The summed E-state index contributed by atoms with van der Waals surface area (Å²) in [7, 11) is 1.31. The van der Waals surface area contributed by atoms with Gasteiger partial charge in [0.2, 0.25) is 5.91 Å². The number of carbonyl (C=O) groups is 2. The Morgan fingerprint density at radius 3 is 2.42 bits per heavy atom. The first kappa shape index (κ1) is 22.0. The van der Waals surface area contributed by atoms with E-state index in [1.54, 1.807) is 30.3 Å². The molecule has 3 rings (SSSR count). The van der Waals surface area contributed by atoms with Gasteiger partial charge >= 0.3 is 5.97 Å². The van der Waals surface area contributed by atoms with Crippen LogP contribution in [0.25, 0.3) is 11.3 Å². The number of methoxy groups -OCH3 is 1. The minimum absolute atomic E-state index is 0.350. The molecule has 0 unspecified atom stereocenters. The van der Waals surface area contributed by atoms with Crippen LogP contribution in [0.5, 0.6) is 0 Å². The molecule has 0 aliphatic carbocycles. The molecule has 1 N–H and O–H groups in total. The fourth-order valence-corrected chi connectivity index (χ4v) is 3.31. The van der Waals surface area contributed by atoms with Crippen molar-refractivity contribution in [1.82, 2.24) is 9.78 Å². The lowest BCUT2D eigenvalue weighted by atomic mass is 10.0. The van der Waals surface area contributed by atoms with Gasteiger partial charge in [0, 0.05) is 17.3 Å². The molecule has 31 heavy (non-hydrogen) atoms. The van der Waals surface area contributed by atoms with E-state index in [9.17, 15) is 14.4 Å². The summed E-state index contributed by atoms with van der Waals surface area (Å²) in [6, 6.07) is 14.7. The van der Waals surface area contributed by atoms with Gasteiger partial charge in [-0.15, -0.1) is 0 Å². The monoisotopic (exact) mass is 419 g/mol. The van der Waals surface area contributed by atoms with Gasteiger partial charge in [0.15, 0.2) is 0 Å². The van der Waals surface area contributed by atoms with Crippen LogP contribution in [0.2, 0.25) is 0 Å². The van der Waals surface area contributed by atoms with Gasteiger partial charge in [-0.05, 0) is 62.2 Å². The van der Waals surface area contributed by atoms with Crippen molar-refractivity contribution in [3.05, 3.63) is 81.6 Å². The lowest BCUT2D eigenvalue weighted by molar-refractivity contribution is -0.119. The summed E-state index contributed by atoms with van der Waals surface area (Å²) in [6.45, 7) is 5.80. The summed E-state index contributed by atoms with van der Waals surface area (Å²) in [4.78, 5) is 37.0. The van der Waals surface area contributed by atoms with Gasteiger partial charge in [0.1, 0.15) is 6.04 Å². The molecule has 0 fully saturated rings. The maximum atomic E-state index is 12.9. The predicted molar refractivity (Wildman–Crippen MR) is 119 cm³/mol. The Morgan fingerprint density at radius 2 is 1.77 bits per heavy atom. The van der Waals surface area contributed by atoms with Crippen LogP contribution >= 0.6 is 0 Å². The van der Waals surface area contributed by atoms with Crippen LogP contribution in [0.1, 0.15) is 40.9 Å². The summed E-state index contributed by atoms with van der Waals surface area (Å²) in [5.74, 6) is -0.815. The largest absolute Gasteiger partial charge is 0.465 e. The van der Waals surface area contributed by atoms with Gasteiger partial charge in [-0.1, -0.05) is 24.6 Å². The summed E-state index contributed by atoms with van der Waals surface area (Å²) in [5, 5.41) is 7.30. The minimum Gasteiger partial charge on any atom is -0.465 e. The molecule has 0 aliphatic rings. The first-order valence-corrected chi connectivity index (χ1v) is 10.0. The molecule has 2 aromatic carbocycles. The zero-order valence-electron chi connectivity index (χ0n) is 18.0. The number of carbonyl (C=O) groups excluding carboxylic acids is 2. The van der Waals surface area contributed by atoms with Gasteiger partial charge in [-0.3, -0.25) is 9.59 Å². The van der Waals surface area contributed by atoms with E-state index < -0.39 is 12.0 Å². The number of nitrogens with one attached hydrogen (secondary N) is 1. The minimum atomic E-state index is -0.780. The number of rotatable bonds is 6. The standard InChI is InChI=1S/C24H25N3O4/c1-5-21(23(29)25-18-10-8-17(9-11-18)24(30)31-4)27-22(28)13-12-20(26-27)19-14-15(2)6-7-16(19)3/h6-14,21H,5H2,1-4H3,(H,25,29)/t21-/m1/s1. The van der Waals surface area contributed by atoms with Crippen LogP contribution < -0.4 is 10.9 Å². The summed E-state index contributed by atoms with van der Waals surface area (Å²) < 4.78 is 5.91. The van der Waals surface area contributed by atoms with Crippen molar-refractivity contribution in [2.45, 2.75) is 33.2 Å². The molecule has 0 aliphatic heterocycles. The van der Waals surface area contributed by atoms with Gasteiger partial charge in [0.25, 0.3) is 5.56 Å². The SMILES string of the molecule is CC[C@H](C(=O)Nc1ccc(C(=O)OC)cc1)n1nc(-c2cc(C)ccc2C)ccc1=O. The maximum absolute atomic E-state index is 12.9. The first-order chi connectivity index (χ1) is 14.8. The van der Waals surface area contributed by atoms with Crippen LogP contribution in [0.3, 0.4) is 0 Å². The van der Waals surface area contributed by atoms with E-state index in [1.165, 1.54) is 17.9 Å². The summed E-state index contributed by atoms with van der Waals surface area (Å²) in [6.07, 6.45) is 0.384. The summed E-state index contributed by atoms with van der Waals surface area (Å²) >= 11 is 0. The first-order valence-electron chi connectivity index (χ1n) is 10.0. The molecule has 0 saturated heterocycles. The third-order valence-electron chi connectivity index (χ3n) is 5.05. The highest BCUT2D eigenvalue weighted by atomic mass is 16.5. The van der Waals surface area contributed by atoms with Gasteiger partial charge < -0.3 is 10.1 Å². The smallest absolute Gasteiger partial charge is 0.337 e. The second kappa shape index (κ2) is 9.38. The van der Waals surface area contributed by atoms with Crippen molar-refractivity contribution in [3.8, 4) is 11.3 Å². The van der Waals surface area contributed by atoms with E-state index in [0.717, 1.165) is 16.7 Å². The number of aryl methyl sites for hydroxylation is 2. The molecule has 1 aromatic heterocycles. The highest BCUT2D eigenvalue weighted by molar-refractivity contribution is 5.95. The van der Waals surface area contributed by atoms with E-state index in [4.69, 9.17) is 0 Å². The van der Waals surface area contributed by atoms with Crippen molar-refractivity contribution < 1.29 is 14.3 Å². The molecular weight excluding hydrogens is 394 g/mol. The molecule has 0 bridgehead atoms. The molecule has 1 amide bonds. The van der Waals surface area contributed by atoms with Gasteiger partial charge in [-0.25, -0.2) is 9.48 Å². The Bertz CT molecular complexity index is 1170. The number of aromatic nitrogens is 2. The van der Waals surface area contributed by atoms with E-state index in [1.807, 2.05) is 39.0 Å². The van der Waals surface area contributed by atoms with Crippen LogP contribution in [0.4, 0.5) is 5.69 Å². The van der Waals surface area contributed by atoms with Gasteiger partial charge in [0.05, 0.1) is 18.4 Å². The molecule has 0 spiro atoms. The number of esters is 1. The topological polar surface area (TPSA) is 90.3 Å². The van der Waals surface area contributed by atoms with E-state index >= 15 is 0 Å². The highest BCUT2D eigenvalue weighted by Gasteiger charge is 2.22. The van der Waals surface area contributed by atoms with Crippen molar-refractivity contribution in [3.63, 3.8) is 0 Å². The quantitative estimate of drug-likeness (QED) is 0.612. The number of hydrogen-bond acceptors (Lipinski definition) is 5. The predicted octanol–water partition coefficient (Wildman–Crippen LogP) is 3.90. The molecule has 3 aromatic rings. The van der Waals surface area contributed by atoms with Crippen LogP contribution in [-0.4, -0.2) is 28.8 Å². The molecule has 7 nitrogen and oxygen atoms in total. The molecule has 1 atom stereocenters. The zero-order valence-corrected chi connectivity index (χ0v) is 18.0. The third-order valence-corrected chi connectivity index (χ3v) is 5.05. The second-order valence-corrected chi connectivity index (χ2v) is 7.30. The summed E-state index contributed by atoms with van der Waals surface area (Å²) in [5.41, 5.74) is 4.21. The molecule has 0 saturated carbocycles. The molecular formula is C24H25N3O4. The normalized spacial score (nSPS) is 11.6. The van der Waals surface area contributed by atoms with E-state index in [-0.39, 0.29) is 11.5 Å². The van der Waals surface area contributed by atoms with Crippen molar-refractivity contribution in [2.75, 3.05) is 12.4 Å². The Morgan fingerprint density at radius 1 is 1.06 bits per heavy atom. The third kappa shape index (κ3) is 4.88. The molecule has 7 heteroatoms. The van der Waals surface area contributed by atoms with Crippen LogP contribution in [-0.2, 0) is 9.53 Å². The Labute approximate surface area is 180 Å². The number of benzene rings is 2. The zero-order chi connectivity index (χ0) is 22.5. The van der Waals surface area contributed by atoms with Crippen molar-refractivity contribution >= 4 is 17.6 Å². The molecule has 1 heterocycles. The number of anilines is 1. The van der Waals surface area contributed by atoms with Crippen LogP contribution in [0.15, 0.2) is 59.4 Å². The van der Waals surface area contributed by atoms with E-state index in [2.05, 4.69) is 15.2 Å². The van der Waals surface area contributed by atoms with Gasteiger partial charge in [-0.2, -0.15) is 5.10 Å². The molecule has 0 radical (unpaired) electrons. The average molecular weight is 419 g/mol. The van der Waals surface area contributed by atoms with Crippen molar-refractivity contribution in [2.24, 2.45) is 0 Å². The van der Waals surface area contributed by atoms with Crippen LogP contribution in [0, 0.1) is 13.8 Å². The lowest BCUT2D eigenvalue weighted by Gasteiger charge is -2.18. The average Bonchev–Trinajstić information content (AvgIpc) is 2.77. The number of hydrogen-bond donors (Lipinski definition) is 1. The Balaban J connectivity index is 1.89. The van der Waals surface area contributed by atoms with Crippen molar-refractivity contribution in [1.29, 1.82) is 0 Å². The highest BCUT2D eigenvalue weighted by Crippen LogP contribution is 2.23. The number of nitrogens with zero attached hydrogens (tertiary/aromatic N) is 2. The number of amides is 1. The Hall–Kier alpha value is -3.74. The maximum Gasteiger partial charge on any atom is 0.337 e. The second-order valence-electron chi connectivity index (χ2n) is 7.30. The number of ether oxygens (including phenoxy) is 1. The van der Waals surface area contributed by atoms with E-state index in [0.29, 0.717) is 23.4 Å². The fourth-order valence-electron chi connectivity index (χ4n) is 3.31. The fraction of sp³-hybridized carbons (Fsp3) is 0.250. The molecule has 160 valence electrons. The Kier molecular flexibility index (Phi) is 6.65.